The zero-order valence-corrected chi connectivity index (χ0v) is 33.1. The monoisotopic (exact) mass is 754 g/mol. The van der Waals surface area contributed by atoms with Gasteiger partial charge in [0, 0.05) is 116 Å². The van der Waals surface area contributed by atoms with Crippen molar-refractivity contribution < 1.29 is 19.2 Å². The molecule has 0 spiro atoms. The number of hydrogen-bond donors (Lipinski definition) is 0. The Morgan fingerprint density at radius 1 is 0.661 bits per heavy atom. The summed E-state index contributed by atoms with van der Waals surface area (Å²) in [5.74, 6) is -0.247. The molecule has 0 unspecified atom stereocenters. The molecule has 4 aromatic carbocycles. The minimum absolute atomic E-state index is 0.0196. The zero-order chi connectivity index (χ0) is 39.6. The first-order chi connectivity index (χ1) is 27.0. The standard InChI is InChI=1S/C46H54N6O4/c1-35(53)41-17-10-37(11-18-41)16-23-45(55)52(34-40-14-21-43(22-15-40)50-30-28-49(29-31-50)36(2)54)44(32-38-8-6-5-7-9-38)46(56)51-26-24-48(25-27-51)33-39-12-19-42(20-13-39)47(3)4/h5-23,44H,24-34H2,1-4H3/t44-/m0/s1. The van der Waals surface area contributed by atoms with Gasteiger partial charge in [-0.05, 0) is 59.5 Å². The molecule has 10 nitrogen and oxygen atoms in total. The van der Waals surface area contributed by atoms with E-state index < -0.39 is 6.04 Å². The third-order valence-corrected chi connectivity index (χ3v) is 10.9. The molecule has 0 aromatic heterocycles. The molecule has 2 fully saturated rings. The van der Waals surface area contributed by atoms with Gasteiger partial charge in [-0.1, -0.05) is 78.9 Å². The minimum Gasteiger partial charge on any atom is -0.378 e. The summed E-state index contributed by atoms with van der Waals surface area (Å²) < 4.78 is 0. The van der Waals surface area contributed by atoms with Crippen LogP contribution in [0.15, 0.2) is 109 Å². The minimum atomic E-state index is -0.737. The second kappa shape index (κ2) is 18.7. The normalized spacial score (nSPS) is 15.5. The van der Waals surface area contributed by atoms with Crippen molar-refractivity contribution in [1.29, 1.82) is 0 Å². The van der Waals surface area contributed by atoms with E-state index in [0.29, 0.717) is 38.2 Å². The van der Waals surface area contributed by atoms with Gasteiger partial charge >= 0.3 is 0 Å². The van der Waals surface area contributed by atoms with E-state index >= 15 is 0 Å². The number of rotatable bonds is 13. The average molecular weight is 755 g/mol. The summed E-state index contributed by atoms with van der Waals surface area (Å²) in [4.78, 5) is 65.1. The fourth-order valence-electron chi connectivity index (χ4n) is 7.39. The summed E-state index contributed by atoms with van der Waals surface area (Å²) in [6.07, 6.45) is 3.66. The molecule has 3 amide bonds. The molecule has 0 N–H and O–H groups in total. The lowest BCUT2D eigenvalue weighted by molar-refractivity contribution is -0.145. The summed E-state index contributed by atoms with van der Waals surface area (Å²) in [7, 11) is 4.07. The molecule has 2 heterocycles. The Morgan fingerprint density at radius 3 is 1.86 bits per heavy atom. The number of anilines is 2. The first kappa shape index (κ1) is 39.9. The molecule has 292 valence electrons. The van der Waals surface area contributed by atoms with Gasteiger partial charge in [-0.25, -0.2) is 0 Å². The largest absolute Gasteiger partial charge is 0.378 e. The van der Waals surface area contributed by atoms with E-state index in [1.54, 1.807) is 30.0 Å². The third-order valence-electron chi connectivity index (χ3n) is 10.9. The number of carbonyl (C=O) groups excluding carboxylic acids is 4. The van der Waals surface area contributed by atoms with Crippen LogP contribution >= 0.6 is 0 Å². The van der Waals surface area contributed by atoms with Crippen LogP contribution in [-0.2, 0) is 33.9 Å². The SMILES string of the molecule is CC(=O)c1ccc(C=CC(=O)N(Cc2ccc(N3CCN(C(C)=O)CC3)cc2)[C@@H](Cc2ccccc2)C(=O)N2CCN(Cc3ccc(N(C)C)cc3)CC2)cc1. The zero-order valence-electron chi connectivity index (χ0n) is 33.1. The number of nitrogens with zero attached hydrogens (tertiary/aromatic N) is 6. The van der Waals surface area contributed by atoms with Gasteiger partial charge in [0.15, 0.2) is 5.78 Å². The Balaban J connectivity index is 1.23. The number of carbonyl (C=O) groups is 4. The van der Waals surface area contributed by atoms with Gasteiger partial charge in [0.25, 0.3) is 0 Å². The van der Waals surface area contributed by atoms with Crippen molar-refractivity contribution in [2.24, 2.45) is 0 Å². The van der Waals surface area contributed by atoms with Crippen molar-refractivity contribution in [2.75, 3.05) is 76.3 Å². The van der Waals surface area contributed by atoms with Crippen molar-refractivity contribution in [3.05, 3.63) is 137 Å². The van der Waals surface area contributed by atoms with Gasteiger partial charge in [0.2, 0.25) is 17.7 Å². The van der Waals surface area contributed by atoms with Gasteiger partial charge in [0.05, 0.1) is 0 Å². The second-order valence-corrected chi connectivity index (χ2v) is 15.0. The number of Topliss-reactive ketones (excluding diaryl/α,β-unsaturated/α-hetero) is 1. The van der Waals surface area contributed by atoms with Crippen LogP contribution in [-0.4, -0.2) is 116 Å². The fourth-order valence-corrected chi connectivity index (χ4v) is 7.39. The summed E-state index contributed by atoms with van der Waals surface area (Å²) in [5.41, 5.74) is 6.75. The van der Waals surface area contributed by atoms with Gasteiger partial charge in [-0.2, -0.15) is 0 Å². The van der Waals surface area contributed by atoms with Crippen LogP contribution < -0.4 is 9.80 Å². The Hall–Kier alpha value is -5.74. The molecule has 0 saturated carbocycles. The lowest BCUT2D eigenvalue weighted by atomic mass is 10.0. The number of benzene rings is 4. The van der Waals surface area contributed by atoms with Crippen LogP contribution in [0.4, 0.5) is 11.4 Å². The molecular weight excluding hydrogens is 701 g/mol. The van der Waals surface area contributed by atoms with Crippen LogP contribution in [0.5, 0.6) is 0 Å². The summed E-state index contributed by atoms with van der Waals surface area (Å²) in [5, 5.41) is 0. The first-order valence-electron chi connectivity index (χ1n) is 19.5. The third kappa shape index (κ3) is 10.5. The maximum Gasteiger partial charge on any atom is 0.247 e. The Morgan fingerprint density at radius 2 is 1.27 bits per heavy atom. The summed E-state index contributed by atoms with van der Waals surface area (Å²) >= 11 is 0. The van der Waals surface area contributed by atoms with Crippen molar-refractivity contribution >= 4 is 41.0 Å². The van der Waals surface area contributed by atoms with E-state index in [1.807, 2.05) is 78.5 Å². The van der Waals surface area contributed by atoms with Crippen LogP contribution in [0.25, 0.3) is 6.08 Å². The van der Waals surface area contributed by atoms with E-state index in [4.69, 9.17) is 0 Å². The van der Waals surface area contributed by atoms with Crippen molar-refractivity contribution in [2.45, 2.75) is 39.4 Å². The predicted molar refractivity (Wildman–Crippen MR) is 223 cm³/mol. The summed E-state index contributed by atoms with van der Waals surface area (Å²) in [6, 6.07) is 33.1. The molecular formula is C46H54N6O4. The number of amides is 3. The van der Waals surface area contributed by atoms with Crippen LogP contribution in [0.1, 0.15) is 46.5 Å². The average Bonchev–Trinajstić information content (AvgIpc) is 3.22. The number of hydrogen-bond acceptors (Lipinski definition) is 7. The molecule has 6 rings (SSSR count). The predicted octanol–water partition coefficient (Wildman–Crippen LogP) is 5.62. The molecule has 0 aliphatic carbocycles. The molecule has 0 radical (unpaired) electrons. The fraction of sp³-hybridized carbons (Fsp3) is 0.348. The Bertz CT molecular complexity index is 1960. The van der Waals surface area contributed by atoms with Crippen LogP contribution in [0, 0.1) is 0 Å². The van der Waals surface area contributed by atoms with E-state index in [-0.39, 0.29) is 30.0 Å². The molecule has 4 aromatic rings. The highest BCUT2D eigenvalue weighted by Gasteiger charge is 2.34. The molecule has 2 saturated heterocycles. The van der Waals surface area contributed by atoms with E-state index in [9.17, 15) is 19.2 Å². The number of piperazine rings is 2. The number of ketones is 1. The van der Waals surface area contributed by atoms with E-state index in [0.717, 1.165) is 60.8 Å². The van der Waals surface area contributed by atoms with Crippen molar-refractivity contribution in [3.8, 4) is 0 Å². The molecule has 10 heteroatoms. The first-order valence-corrected chi connectivity index (χ1v) is 19.5. The molecule has 2 aliphatic rings. The van der Waals surface area contributed by atoms with E-state index in [1.165, 1.54) is 18.6 Å². The van der Waals surface area contributed by atoms with Crippen molar-refractivity contribution in [1.82, 2.24) is 19.6 Å². The topological polar surface area (TPSA) is 87.7 Å². The van der Waals surface area contributed by atoms with Gasteiger partial charge in [-0.15, -0.1) is 0 Å². The summed E-state index contributed by atoms with van der Waals surface area (Å²) in [6.45, 7) is 9.71. The van der Waals surface area contributed by atoms with Gasteiger partial charge < -0.3 is 24.5 Å². The smallest absolute Gasteiger partial charge is 0.247 e. The molecule has 1 atom stereocenters. The van der Waals surface area contributed by atoms with Gasteiger partial charge in [0.1, 0.15) is 6.04 Å². The van der Waals surface area contributed by atoms with Crippen molar-refractivity contribution in [3.63, 3.8) is 0 Å². The quantitative estimate of drug-likeness (QED) is 0.129. The molecule has 0 bridgehead atoms. The maximum absolute atomic E-state index is 14.7. The highest BCUT2D eigenvalue weighted by Crippen LogP contribution is 2.23. The Kier molecular flexibility index (Phi) is 13.4. The van der Waals surface area contributed by atoms with Crippen LogP contribution in [0.2, 0.25) is 0 Å². The highest BCUT2D eigenvalue weighted by atomic mass is 16.2. The van der Waals surface area contributed by atoms with Crippen LogP contribution in [0.3, 0.4) is 0 Å². The van der Waals surface area contributed by atoms with Gasteiger partial charge in [-0.3, -0.25) is 24.1 Å². The lowest BCUT2D eigenvalue weighted by Gasteiger charge is -2.39. The molecule has 56 heavy (non-hydrogen) atoms. The lowest BCUT2D eigenvalue weighted by Crippen LogP contribution is -2.56. The second-order valence-electron chi connectivity index (χ2n) is 15.0. The van der Waals surface area contributed by atoms with E-state index in [2.05, 4.69) is 51.1 Å². The maximum atomic E-state index is 14.7. The molecule has 2 aliphatic heterocycles. The Labute approximate surface area is 331 Å². The highest BCUT2D eigenvalue weighted by molar-refractivity contribution is 5.96.